The van der Waals surface area contributed by atoms with E-state index in [1.807, 2.05) is 51.2 Å². The summed E-state index contributed by atoms with van der Waals surface area (Å²) < 4.78 is 0. The fourth-order valence-corrected chi connectivity index (χ4v) is 2.23. The molecule has 0 saturated carbocycles. The van der Waals surface area contributed by atoms with Gasteiger partial charge >= 0.3 is 0 Å². The van der Waals surface area contributed by atoms with E-state index in [1.54, 1.807) is 4.90 Å². The molecule has 0 spiro atoms. The lowest BCUT2D eigenvalue weighted by Gasteiger charge is -2.34. The average Bonchev–Trinajstić information content (AvgIpc) is 2.38. The molecule has 19 heavy (non-hydrogen) atoms. The Morgan fingerprint density at radius 3 is 2.16 bits per heavy atom. The van der Waals surface area contributed by atoms with Gasteiger partial charge in [0.2, 0.25) is 5.91 Å². The number of carbonyl (C=O) groups excluding carboxylic acids is 1. The predicted molar refractivity (Wildman–Crippen MR) is 79.9 cm³/mol. The molecule has 106 valence electrons. The summed E-state index contributed by atoms with van der Waals surface area (Å²) in [5.74, 6) is 0.125. The van der Waals surface area contributed by atoms with Gasteiger partial charge in [-0.2, -0.15) is 0 Å². The van der Waals surface area contributed by atoms with Crippen molar-refractivity contribution in [2.45, 2.75) is 33.1 Å². The van der Waals surface area contributed by atoms with Gasteiger partial charge < -0.3 is 10.6 Å². The highest BCUT2D eigenvalue weighted by Crippen LogP contribution is 2.26. The van der Waals surface area contributed by atoms with Crippen LogP contribution in [0, 0.1) is 5.41 Å². The van der Waals surface area contributed by atoms with E-state index in [4.69, 9.17) is 5.73 Å². The van der Waals surface area contributed by atoms with E-state index in [0.717, 1.165) is 5.56 Å². The van der Waals surface area contributed by atoms with Gasteiger partial charge in [0, 0.05) is 13.6 Å². The van der Waals surface area contributed by atoms with E-state index in [-0.39, 0.29) is 11.3 Å². The van der Waals surface area contributed by atoms with Crippen LogP contribution in [0.1, 0.15) is 33.3 Å². The molecule has 0 heterocycles. The Kier molecular flexibility index (Phi) is 4.75. The first-order chi connectivity index (χ1) is 8.70. The zero-order valence-electron chi connectivity index (χ0n) is 12.7. The summed E-state index contributed by atoms with van der Waals surface area (Å²) in [5.41, 5.74) is 6.20. The van der Waals surface area contributed by atoms with Gasteiger partial charge in [-0.15, -0.1) is 0 Å². The lowest BCUT2D eigenvalue weighted by atomic mass is 9.82. The third kappa shape index (κ3) is 3.80. The quantitative estimate of drug-likeness (QED) is 0.885. The van der Waals surface area contributed by atoms with E-state index in [2.05, 4.69) is 13.8 Å². The highest BCUT2D eigenvalue weighted by Gasteiger charge is 2.33. The van der Waals surface area contributed by atoms with E-state index in [9.17, 15) is 4.79 Å². The second kappa shape index (κ2) is 5.74. The molecule has 0 fully saturated rings. The molecule has 0 saturated heterocycles. The molecule has 1 aromatic rings. The monoisotopic (exact) mass is 262 g/mol. The molecule has 2 N–H and O–H groups in total. The van der Waals surface area contributed by atoms with Gasteiger partial charge in [-0.05, 0) is 31.4 Å². The second-order valence-electron chi connectivity index (χ2n) is 6.52. The number of carbonyl (C=O) groups is 1. The smallest absolute Gasteiger partial charge is 0.232 e. The topological polar surface area (TPSA) is 46.3 Å². The van der Waals surface area contributed by atoms with E-state index in [0.29, 0.717) is 13.1 Å². The molecular weight excluding hydrogens is 236 g/mol. The molecule has 0 atom stereocenters. The van der Waals surface area contributed by atoms with Gasteiger partial charge in [-0.25, -0.2) is 0 Å². The molecule has 0 aromatic heterocycles. The van der Waals surface area contributed by atoms with E-state index >= 15 is 0 Å². The Bertz CT molecular complexity index is 424. The minimum absolute atomic E-state index is 0.0584. The zero-order chi connectivity index (χ0) is 14.7. The van der Waals surface area contributed by atoms with Crippen LogP contribution in [0.2, 0.25) is 0 Å². The van der Waals surface area contributed by atoms with Crippen molar-refractivity contribution in [2.24, 2.45) is 11.1 Å². The van der Waals surface area contributed by atoms with Crippen molar-refractivity contribution in [3.8, 4) is 0 Å². The molecule has 3 heteroatoms. The molecule has 1 rings (SSSR count). The van der Waals surface area contributed by atoms with Crippen molar-refractivity contribution in [1.29, 1.82) is 0 Å². The number of nitrogens with two attached hydrogens (primary N) is 1. The van der Waals surface area contributed by atoms with Crippen molar-refractivity contribution in [3.05, 3.63) is 35.9 Å². The normalized spacial score (nSPS) is 12.3. The molecule has 0 aliphatic heterocycles. The first-order valence-electron chi connectivity index (χ1n) is 6.72. The Labute approximate surface area is 116 Å². The van der Waals surface area contributed by atoms with Gasteiger partial charge in [0.1, 0.15) is 0 Å². The number of amides is 1. The Morgan fingerprint density at radius 2 is 1.68 bits per heavy atom. The molecule has 0 aliphatic carbocycles. The van der Waals surface area contributed by atoms with Crippen LogP contribution < -0.4 is 5.73 Å². The zero-order valence-corrected chi connectivity index (χ0v) is 12.7. The molecule has 3 nitrogen and oxygen atoms in total. The SMILES string of the molecule is CN(CC(C)(C)CN)C(=O)C(C)(C)c1ccccc1. The summed E-state index contributed by atoms with van der Waals surface area (Å²) in [6.45, 7) is 9.32. The predicted octanol–water partition coefficient (Wildman–Crippen LogP) is 2.41. The standard InChI is InChI=1S/C16H26N2O/c1-15(2,11-17)12-18(5)14(19)16(3,4)13-9-7-6-8-10-13/h6-10H,11-12,17H2,1-5H3. The first kappa shape index (κ1) is 15.7. The summed E-state index contributed by atoms with van der Waals surface area (Å²) in [5, 5.41) is 0. The fraction of sp³-hybridized carbons (Fsp3) is 0.562. The first-order valence-corrected chi connectivity index (χ1v) is 6.72. The third-order valence-electron chi connectivity index (χ3n) is 3.59. The van der Waals surface area contributed by atoms with Crippen LogP contribution in [0.3, 0.4) is 0 Å². The molecule has 0 unspecified atom stereocenters. The number of likely N-dealkylation sites (N-methyl/N-ethyl adjacent to an activating group) is 1. The van der Waals surface area contributed by atoms with Crippen LogP contribution >= 0.6 is 0 Å². The Balaban J connectivity index is 2.87. The van der Waals surface area contributed by atoms with Gasteiger partial charge in [0.15, 0.2) is 0 Å². The number of hydrogen-bond donors (Lipinski definition) is 1. The van der Waals surface area contributed by atoms with Crippen molar-refractivity contribution < 1.29 is 4.79 Å². The second-order valence-corrected chi connectivity index (χ2v) is 6.52. The number of rotatable bonds is 5. The van der Waals surface area contributed by atoms with Gasteiger partial charge in [-0.3, -0.25) is 4.79 Å². The Hall–Kier alpha value is -1.35. The van der Waals surface area contributed by atoms with Gasteiger partial charge in [-0.1, -0.05) is 44.2 Å². The van der Waals surface area contributed by atoms with Crippen molar-refractivity contribution in [1.82, 2.24) is 4.90 Å². The molecule has 0 radical (unpaired) electrons. The highest BCUT2D eigenvalue weighted by molar-refractivity contribution is 5.87. The summed E-state index contributed by atoms with van der Waals surface area (Å²) >= 11 is 0. The summed E-state index contributed by atoms with van der Waals surface area (Å²) in [7, 11) is 1.85. The van der Waals surface area contributed by atoms with Crippen LogP contribution in [0.25, 0.3) is 0 Å². The van der Waals surface area contributed by atoms with Crippen molar-refractivity contribution in [3.63, 3.8) is 0 Å². The third-order valence-corrected chi connectivity index (χ3v) is 3.59. The minimum Gasteiger partial charge on any atom is -0.344 e. The Morgan fingerprint density at radius 1 is 1.16 bits per heavy atom. The molecule has 0 aliphatic rings. The number of hydrogen-bond acceptors (Lipinski definition) is 2. The van der Waals surface area contributed by atoms with Crippen LogP contribution in [0.5, 0.6) is 0 Å². The van der Waals surface area contributed by atoms with Crippen molar-refractivity contribution >= 4 is 5.91 Å². The molecule has 1 aromatic carbocycles. The highest BCUT2D eigenvalue weighted by atomic mass is 16.2. The lowest BCUT2D eigenvalue weighted by Crippen LogP contribution is -2.46. The maximum atomic E-state index is 12.6. The van der Waals surface area contributed by atoms with Crippen LogP contribution in [0.4, 0.5) is 0 Å². The van der Waals surface area contributed by atoms with E-state index < -0.39 is 5.41 Å². The van der Waals surface area contributed by atoms with Gasteiger partial charge in [0.05, 0.1) is 5.41 Å². The maximum absolute atomic E-state index is 12.6. The molecular formula is C16H26N2O. The molecule has 0 bridgehead atoms. The summed E-state index contributed by atoms with van der Waals surface area (Å²) in [4.78, 5) is 14.4. The van der Waals surface area contributed by atoms with Crippen LogP contribution in [-0.2, 0) is 10.2 Å². The largest absolute Gasteiger partial charge is 0.344 e. The lowest BCUT2D eigenvalue weighted by molar-refractivity contribution is -0.136. The number of nitrogens with zero attached hydrogens (tertiary/aromatic N) is 1. The van der Waals surface area contributed by atoms with Crippen LogP contribution in [-0.4, -0.2) is 30.9 Å². The van der Waals surface area contributed by atoms with Gasteiger partial charge in [0.25, 0.3) is 0 Å². The van der Waals surface area contributed by atoms with Crippen LogP contribution in [0.15, 0.2) is 30.3 Å². The van der Waals surface area contributed by atoms with E-state index in [1.165, 1.54) is 0 Å². The molecule has 1 amide bonds. The number of benzene rings is 1. The fourth-order valence-electron chi connectivity index (χ4n) is 2.23. The summed E-state index contributed by atoms with van der Waals surface area (Å²) in [6.07, 6.45) is 0. The maximum Gasteiger partial charge on any atom is 0.232 e. The average molecular weight is 262 g/mol. The minimum atomic E-state index is -0.513. The van der Waals surface area contributed by atoms with Crippen molar-refractivity contribution in [2.75, 3.05) is 20.1 Å². The summed E-state index contributed by atoms with van der Waals surface area (Å²) in [6, 6.07) is 9.90.